The van der Waals surface area contributed by atoms with Crippen molar-refractivity contribution >= 4 is 22.2 Å². The molecule has 0 fully saturated rings. The molecule has 1 atom stereocenters. The molecule has 0 spiro atoms. The zero-order chi connectivity index (χ0) is 25.6. The standard InChI is InChI=1S/C22H17F6N3O3S/c1-33-14-7-8-15(18(9-14)34-2)16-10-20(32,22(26,27)28)31(30-16)19-29-17(11-35-19)12-3-5-13(6-4-12)21(23,24)25/h3-9,11,32H,10H2,1-2H3/t20-/m1/s1. The monoisotopic (exact) mass is 517 g/mol. The van der Waals surface area contributed by atoms with Gasteiger partial charge >= 0.3 is 12.4 Å². The van der Waals surface area contributed by atoms with Crippen LogP contribution in [0.2, 0.25) is 0 Å². The first-order valence-corrected chi connectivity index (χ1v) is 10.8. The number of methoxy groups -OCH3 is 2. The highest BCUT2D eigenvalue weighted by atomic mass is 32.1. The fourth-order valence-corrected chi connectivity index (χ4v) is 4.33. The largest absolute Gasteiger partial charge is 0.497 e. The average molecular weight is 517 g/mol. The molecule has 0 saturated carbocycles. The Bertz CT molecular complexity index is 1260. The van der Waals surface area contributed by atoms with Gasteiger partial charge in [-0.1, -0.05) is 12.1 Å². The van der Waals surface area contributed by atoms with Crippen LogP contribution in [0, 0.1) is 0 Å². The molecule has 1 aliphatic rings. The predicted octanol–water partition coefficient (Wildman–Crippen LogP) is 5.71. The lowest BCUT2D eigenvalue weighted by atomic mass is 10.00. The molecule has 13 heteroatoms. The quantitative estimate of drug-likeness (QED) is 0.439. The number of hydrogen-bond donors (Lipinski definition) is 1. The molecule has 0 aliphatic carbocycles. The van der Waals surface area contributed by atoms with Gasteiger partial charge in [0.25, 0.3) is 5.72 Å². The van der Waals surface area contributed by atoms with Crippen molar-refractivity contribution in [2.75, 3.05) is 19.2 Å². The maximum atomic E-state index is 14.0. The van der Waals surface area contributed by atoms with Gasteiger partial charge in [-0.2, -0.15) is 36.5 Å². The number of aliphatic hydroxyl groups is 1. The summed E-state index contributed by atoms with van der Waals surface area (Å²) in [5.41, 5.74) is -3.76. The molecule has 0 unspecified atom stereocenters. The van der Waals surface area contributed by atoms with Crippen molar-refractivity contribution in [2.45, 2.75) is 24.5 Å². The van der Waals surface area contributed by atoms with Crippen molar-refractivity contribution < 1.29 is 40.9 Å². The molecule has 35 heavy (non-hydrogen) atoms. The van der Waals surface area contributed by atoms with E-state index >= 15 is 0 Å². The van der Waals surface area contributed by atoms with Crippen LogP contribution in [-0.4, -0.2) is 41.9 Å². The lowest BCUT2D eigenvalue weighted by molar-refractivity contribution is -0.254. The van der Waals surface area contributed by atoms with E-state index in [-0.39, 0.29) is 33.4 Å². The van der Waals surface area contributed by atoms with E-state index in [0.29, 0.717) is 10.8 Å². The van der Waals surface area contributed by atoms with E-state index in [4.69, 9.17) is 9.47 Å². The van der Waals surface area contributed by atoms with Crippen molar-refractivity contribution in [3.63, 3.8) is 0 Å². The third-order valence-electron chi connectivity index (χ3n) is 5.34. The number of thiazole rings is 1. The van der Waals surface area contributed by atoms with Gasteiger partial charge < -0.3 is 14.6 Å². The Morgan fingerprint density at radius 3 is 2.26 bits per heavy atom. The number of halogens is 6. The summed E-state index contributed by atoms with van der Waals surface area (Å²) in [5.74, 6) is 0.604. The molecule has 1 N–H and O–H groups in total. The molecule has 0 bridgehead atoms. The molecular weight excluding hydrogens is 500 g/mol. The minimum absolute atomic E-state index is 0.101. The summed E-state index contributed by atoms with van der Waals surface area (Å²) >= 11 is 0.757. The van der Waals surface area contributed by atoms with Crippen LogP contribution in [0.25, 0.3) is 11.3 Å². The summed E-state index contributed by atoms with van der Waals surface area (Å²) in [5, 5.41) is 16.2. The second kappa shape index (κ2) is 8.72. The Kier molecular flexibility index (Phi) is 6.18. The zero-order valence-electron chi connectivity index (χ0n) is 18.1. The molecule has 1 aliphatic heterocycles. The molecule has 186 valence electrons. The molecule has 1 aromatic heterocycles. The molecule has 4 rings (SSSR count). The minimum atomic E-state index is -5.11. The van der Waals surface area contributed by atoms with Gasteiger partial charge in [0.1, 0.15) is 11.5 Å². The molecule has 2 aromatic carbocycles. The average Bonchev–Trinajstić information content (AvgIpc) is 3.43. The van der Waals surface area contributed by atoms with Gasteiger partial charge in [-0.05, 0) is 24.3 Å². The van der Waals surface area contributed by atoms with Gasteiger partial charge in [-0.25, -0.2) is 4.98 Å². The van der Waals surface area contributed by atoms with Crippen LogP contribution >= 0.6 is 11.3 Å². The van der Waals surface area contributed by atoms with E-state index in [1.54, 1.807) is 0 Å². The maximum absolute atomic E-state index is 14.0. The highest BCUT2D eigenvalue weighted by Crippen LogP contribution is 2.46. The number of ether oxygens (including phenoxy) is 2. The number of hydrogen-bond acceptors (Lipinski definition) is 7. The Morgan fingerprint density at radius 2 is 1.69 bits per heavy atom. The number of hydrazone groups is 1. The van der Waals surface area contributed by atoms with E-state index in [1.165, 1.54) is 49.9 Å². The van der Waals surface area contributed by atoms with Crippen LogP contribution in [0.3, 0.4) is 0 Å². The highest BCUT2D eigenvalue weighted by Gasteiger charge is 2.62. The molecule has 6 nitrogen and oxygen atoms in total. The van der Waals surface area contributed by atoms with Crippen LogP contribution in [0.4, 0.5) is 31.5 Å². The van der Waals surface area contributed by atoms with Gasteiger partial charge in [-0.3, -0.25) is 0 Å². The van der Waals surface area contributed by atoms with Gasteiger partial charge in [-0.15, -0.1) is 11.3 Å². The molecule has 0 saturated heterocycles. The fourth-order valence-electron chi connectivity index (χ4n) is 3.48. The van der Waals surface area contributed by atoms with Gasteiger partial charge in [0.05, 0.1) is 37.6 Å². The van der Waals surface area contributed by atoms with Crippen molar-refractivity contribution in [3.8, 4) is 22.8 Å². The van der Waals surface area contributed by atoms with E-state index in [1.807, 2.05) is 0 Å². The predicted molar refractivity (Wildman–Crippen MR) is 117 cm³/mol. The van der Waals surface area contributed by atoms with Crippen LogP contribution in [-0.2, 0) is 6.18 Å². The van der Waals surface area contributed by atoms with Crippen molar-refractivity contribution in [2.24, 2.45) is 5.10 Å². The van der Waals surface area contributed by atoms with Gasteiger partial charge in [0, 0.05) is 22.6 Å². The number of aromatic nitrogens is 1. The van der Waals surface area contributed by atoms with Crippen molar-refractivity contribution in [3.05, 3.63) is 59.0 Å². The van der Waals surface area contributed by atoms with E-state index in [9.17, 15) is 31.4 Å². The first kappa shape index (κ1) is 24.8. The first-order valence-electron chi connectivity index (χ1n) is 9.90. The Morgan fingerprint density at radius 1 is 1.00 bits per heavy atom. The van der Waals surface area contributed by atoms with Gasteiger partial charge in [0.15, 0.2) is 0 Å². The summed E-state index contributed by atoms with van der Waals surface area (Å²) in [7, 11) is 2.75. The Hall–Kier alpha value is -3.32. The SMILES string of the molecule is COc1ccc(C2=NN(c3nc(-c4ccc(C(F)(F)F)cc4)cs3)[C@](O)(C(F)(F)F)C2)c(OC)c1. The zero-order valence-corrected chi connectivity index (χ0v) is 18.9. The number of anilines is 1. The first-order chi connectivity index (χ1) is 16.4. The Balaban J connectivity index is 1.73. The number of alkyl halides is 6. The van der Waals surface area contributed by atoms with Crippen LogP contribution in [0.1, 0.15) is 17.5 Å². The van der Waals surface area contributed by atoms with E-state index in [2.05, 4.69) is 10.1 Å². The number of rotatable bonds is 5. The topological polar surface area (TPSA) is 67.2 Å². The second-order valence-corrected chi connectivity index (χ2v) is 8.34. The number of nitrogens with zero attached hydrogens (tertiary/aromatic N) is 3. The van der Waals surface area contributed by atoms with Crippen molar-refractivity contribution in [1.82, 2.24) is 4.98 Å². The Labute approximate surface area is 199 Å². The summed E-state index contributed by atoms with van der Waals surface area (Å²) in [6.45, 7) is 0. The van der Waals surface area contributed by atoms with Crippen molar-refractivity contribution in [1.29, 1.82) is 0 Å². The normalized spacial score (nSPS) is 18.5. The third-order valence-corrected chi connectivity index (χ3v) is 6.16. The van der Waals surface area contributed by atoms with Crippen LogP contribution in [0.15, 0.2) is 52.9 Å². The molecule has 3 aromatic rings. The van der Waals surface area contributed by atoms with Gasteiger partial charge in [0.2, 0.25) is 5.13 Å². The third kappa shape index (κ3) is 4.52. The van der Waals surface area contributed by atoms with E-state index < -0.39 is 30.1 Å². The fraction of sp³-hybridized carbons (Fsp3) is 0.273. The maximum Gasteiger partial charge on any atom is 0.438 e. The number of benzene rings is 2. The second-order valence-electron chi connectivity index (χ2n) is 7.51. The summed E-state index contributed by atoms with van der Waals surface area (Å²) in [6.07, 6.45) is -10.6. The summed E-state index contributed by atoms with van der Waals surface area (Å²) < 4.78 is 90.8. The molecule has 2 heterocycles. The molecular formula is C22H17F6N3O3S. The summed E-state index contributed by atoms with van der Waals surface area (Å²) in [4.78, 5) is 4.11. The minimum Gasteiger partial charge on any atom is -0.497 e. The highest BCUT2D eigenvalue weighted by molar-refractivity contribution is 7.14. The van der Waals surface area contributed by atoms with Crippen LogP contribution < -0.4 is 14.5 Å². The smallest absolute Gasteiger partial charge is 0.438 e. The lowest BCUT2D eigenvalue weighted by Gasteiger charge is -2.32. The van der Waals surface area contributed by atoms with Crippen LogP contribution in [0.5, 0.6) is 11.5 Å². The van der Waals surface area contributed by atoms with E-state index in [0.717, 1.165) is 23.5 Å². The molecule has 0 amide bonds. The molecule has 0 radical (unpaired) electrons. The summed E-state index contributed by atoms with van der Waals surface area (Å²) in [6, 6.07) is 8.48. The lowest BCUT2D eigenvalue weighted by Crippen LogP contribution is -2.55.